The number of rotatable bonds is 10. The van der Waals surface area contributed by atoms with Gasteiger partial charge in [-0.1, -0.05) is 26.7 Å². The minimum Gasteiger partial charge on any atom is -0.382 e. The molecule has 2 aromatic rings. The van der Waals surface area contributed by atoms with Crippen LogP contribution < -0.4 is 5.73 Å². The molecule has 0 amide bonds. The lowest BCUT2D eigenvalue weighted by atomic mass is 10.2. The Morgan fingerprint density at radius 1 is 1.04 bits per heavy atom. The van der Waals surface area contributed by atoms with Gasteiger partial charge in [0.1, 0.15) is 11.3 Å². The minimum atomic E-state index is -0.712. The predicted molar refractivity (Wildman–Crippen MR) is 107 cm³/mol. The molecule has 1 atom stereocenters. The Labute approximate surface area is 153 Å². The summed E-state index contributed by atoms with van der Waals surface area (Å²) in [5.41, 5.74) is 10.2. The molecule has 2 rings (SSSR count). The average molecular weight is 365 g/mol. The highest BCUT2D eigenvalue weighted by molar-refractivity contribution is 7.84. The number of aromatic nitrogens is 3. The third kappa shape index (κ3) is 4.81. The number of pyridine rings is 1. The first-order valence-corrected chi connectivity index (χ1v) is 10.9. The van der Waals surface area contributed by atoms with Crippen LogP contribution in [0.15, 0.2) is 0 Å². The Balaban J connectivity index is 2.27. The molecule has 0 aliphatic carbocycles. The second kappa shape index (κ2) is 9.32. The van der Waals surface area contributed by atoms with Crippen molar-refractivity contribution < 1.29 is 4.21 Å². The summed E-state index contributed by atoms with van der Waals surface area (Å²) in [6.07, 6.45) is 6.24. The van der Waals surface area contributed by atoms with Gasteiger partial charge in [-0.3, -0.25) is 4.21 Å². The summed E-state index contributed by atoms with van der Waals surface area (Å²) < 4.78 is 14.4. The van der Waals surface area contributed by atoms with Crippen molar-refractivity contribution in [2.45, 2.75) is 72.8 Å². The monoisotopic (exact) mass is 364 g/mol. The number of aryl methyl sites for hydroxylation is 4. The van der Waals surface area contributed by atoms with Crippen LogP contribution in [0, 0.1) is 13.8 Å². The Bertz CT molecular complexity index is 739. The summed E-state index contributed by atoms with van der Waals surface area (Å²) in [5.74, 6) is 3.17. The van der Waals surface area contributed by atoms with Gasteiger partial charge in [-0.05, 0) is 38.7 Å². The molecule has 140 valence electrons. The maximum atomic E-state index is 12.1. The molecule has 25 heavy (non-hydrogen) atoms. The zero-order valence-electron chi connectivity index (χ0n) is 16.1. The van der Waals surface area contributed by atoms with Gasteiger partial charge >= 0.3 is 0 Å². The molecule has 5 nitrogen and oxygen atoms in total. The van der Waals surface area contributed by atoms with Crippen LogP contribution in [-0.4, -0.2) is 30.2 Å². The average Bonchev–Trinajstić information content (AvgIpc) is 2.95. The van der Waals surface area contributed by atoms with Gasteiger partial charge in [-0.15, -0.1) is 0 Å². The van der Waals surface area contributed by atoms with E-state index in [0.717, 1.165) is 84.7 Å². The molecule has 0 radical (unpaired) electrons. The number of imidazole rings is 1. The molecular weight excluding hydrogens is 332 g/mol. The number of fused-ring (bicyclic) bond motifs is 1. The van der Waals surface area contributed by atoms with E-state index >= 15 is 0 Å². The molecule has 0 saturated heterocycles. The number of anilines is 1. The third-order valence-corrected chi connectivity index (χ3v) is 6.20. The fourth-order valence-corrected chi connectivity index (χ4v) is 4.37. The van der Waals surface area contributed by atoms with Crippen LogP contribution in [0.3, 0.4) is 0 Å². The molecule has 0 bridgehead atoms. The first kappa shape index (κ1) is 19.9. The van der Waals surface area contributed by atoms with E-state index in [1.165, 1.54) is 0 Å². The fraction of sp³-hybridized carbons (Fsp3) is 0.684. The molecule has 2 N–H and O–H groups in total. The number of nitrogen functional groups attached to an aromatic ring is 1. The minimum absolute atomic E-state index is 0.515. The molecule has 0 spiro atoms. The highest BCUT2D eigenvalue weighted by Gasteiger charge is 2.17. The van der Waals surface area contributed by atoms with Crippen LogP contribution >= 0.6 is 0 Å². The normalized spacial score (nSPS) is 12.8. The summed E-state index contributed by atoms with van der Waals surface area (Å²) in [6.45, 7) is 9.25. The number of nitrogens with two attached hydrogens (primary N) is 1. The molecule has 6 heteroatoms. The molecule has 0 aliphatic rings. The smallest absolute Gasteiger partial charge is 0.151 e. The first-order valence-electron chi connectivity index (χ1n) is 9.46. The van der Waals surface area contributed by atoms with Crippen molar-refractivity contribution in [2.24, 2.45) is 0 Å². The standard InChI is InChI=1S/C19H32N4OS/c1-5-7-10-16-22-17-18(14(3)15(4)21-19(17)20)23(16)11-9-13-25(24)12-8-6-2/h5-13H2,1-4H3,(H2,20,21). The van der Waals surface area contributed by atoms with E-state index in [9.17, 15) is 4.21 Å². The van der Waals surface area contributed by atoms with Crippen molar-refractivity contribution >= 4 is 27.7 Å². The van der Waals surface area contributed by atoms with Gasteiger partial charge in [0.25, 0.3) is 0 Å². The van der Waals surface area contributed by atoms with Crippen molar-refractivity contribution in [3.05, 3.63) is 17.1 Å². The SMILES string of the molecule is CCCCc1nc2c(N)nc(C)c(C)c2n1CCCS(=O)CCCC. The lowest BCUT2D eigenvalue weighted by Crippen LogP contribution is -2.10. The van der Waals surface area contributed by atoms with Crippen LogP contribution in [-0.2, 0) is 23.8 Å². The summed E-state index contributed by atoms with van der Waals surface area (Å²) in [6, 6.07) is 0. The largest absolute Gasteiger partial charge is 0.382 e. The number of hydrogen-bond donors (Lipinski definition) is 1. The van der Waals surface area contributed by atoms with Crippen molar-refractivity contribution in [3.8, 4) is 0 Å². The van der Waals surface area contributed by atoms with E-state index in [1.54, 1.807) is 0 Å². The Hall–Kier alpha value is -1.43. The summed E-state index contributed by atoms with van der Waals surface area (Å²) in [5, 5.41) is 0. The van der Waals surface area contributed by atoms with E-state index in [-0.39, 0.29) is 0 Å². The quantitative estimate of drug-likeness (QED) is 0.693. The molecule has 0 aliphatic heterocycles. The second-order valence-corrected chi connectivity index (χ2v) is 8.44. The Morgan fingerprint density at radius 2 is 1.72 bits per heavy atom. The van der Waals surface area contributed by atoms with E-state index in [1.807, 2.05) is 6.92 Å². The van der Waals surface area contributed by atoms with Gasteiger partial charge in [-0.2, -0.15) is 0 Å². The maximum absolute atomic E-state index is 12.1. The van der Waals surface area contributed by atoms with Crippen molar-refractivity contribution in [3.63, 3.8) is 0 Å². The van der Waals surface area contributed by atoms with Gasteiger partial charge < -0.3 is 10.3 Å². The van der Waals surface area contributed by atoms with E-state index < -0.39 is 10.8 Å². The van der Waals surface area contributed by atoms with Crippen LogP contribution in [0.2, 0.25) is 0 Å². The molecule has 0 fully saturated rings. The van der Waals surface area contributed by atoms with Crippen molar-refractivity contribution in [2.75, 3.05) is 17.2 Å². The summed E-state index contributed by atoms with van der Waals surface area (Å²) in [4.78, 5) is 9.23. The lowest BCUT2D eigenvalue weighted by Gasteiger charge is -2.12. The predicted octanol–water partition coefficient (Wildman–Crippen LogP) is 3.91. The second-order valence-electron chi connectivity index (χ2n) is 6.74. The van der Waals surface area contributed by atoms with Crippen molar-refractivity contribution in [1.29, 1.82) is 0 Å². The van der Waals surface area contributed by atoms with E-state index in [0.29, 0.717) is 5.82 Å². The molecule has 0 aromatic carbocycles. The topological polar surface area (TPSA) is 73.8 Å². The fourth-order valence-electron chi connectivity index (χ4n) is 3.10. The summed E-state index contributed by atoms with van der Waals surface area (Å²) >= 11 is 0. The molecular formula is C19H32N4OS. The summed E-state index contributed by atoms with van der Waals surface area (Å²) in [7, 11) is -0.712. The molecule has 0 saturated carbocycles. The molecule has 2 aromatic heterocycles. The first-order chi connectivity index (χ1) is 12.0. The maximum Gasteiger partial charge on any atom is 0.151 e. The molecule has 2 heterocycles. The third-order valence-electron chi connectivity index (χ3n) is 4.71. The number of nitrogens with zero attached hydrogens (tertiary/aromatic N) is 3. The van der Waals surface area contributed by atoms with Gasteiger partial charge in [0.2, 0.25) is 0 Å². The van der Waals surface area contributed by atoms with Gasteiger partial charge in [-0.25, -0.2) is 9.97 Å². The Kier molecular flexibility index (Phi) is 7.41. The van der Waals surface area contributed by atoms with Crippen LogP contribution in [0.5, 0.6) is 0 Å². The Morgan fingerprint density at radius 3 is 2.40 bits per heavy atom. The van der Waals surface area contributed by atoms with Crippen LogP contribution in [0.4, 0.5) is 5.82 Å². The highest BCUT2D eigenvalue weighted by Crippen LogP contribution is 2.27. The van der Waals surface area contributed by atoms with E-state index in [4.69, 9.17) is 10.7 Å². The van der Waals surface area contributed by atoms with Gasteiger partial charge in [0.05, 0.1) is 5.52 Å². The van der Waals surface area contributed by atoms with Gasteiger partial charge in [0, 0.05) is 41.0 Å². The highest BCUT2D eigenvalue weighted by atomic mass is 32.2. The molecule has 1 unspecified atom stereocenters. The van der Waals surface area contributed by atoms with Crippen molar-refractivity contribution in [1.82, 2.24) is 14.5 Å². The van der Waals surface area contributed by atoms with Gasteiger partial charge in [0.15, 0.2) is 5.82 Å². The van der Waals surface area contributed by atoms with E-state index in [2.05, 4.69) is 30.3 Å². The zero-order chi connectivity index (χ0) is 18.4. The van der Waals surface area contributed by atoms with Crippen LogP contribution in [0.25, 0.3) is 11.0 Å². The van der Waals surface area contributed by atoms with Crippen LogP contribution in [0.1, 0.15) is 63.0 Å². The lowest BCUT2D eigenvalue weighted by molar-refractivity contribution is 0.627. The number of hydrogen-bond acceptors (Lipinski definition) is 4. The zero-order valence-corrected chi connectivity index (χ0v) is 16.9. The number of unbranched alkanes of at least 4 members (excludes halogenated alkanes) is 2.